The minimum atomic E-state index is -0.572. The van der Waals surface area contributed by atoms with Gasteiger partial charge in [-0.05, 0) is 18.1 Å². The zero-order chi connectivity index (χ0) is 19.2. The van der Waals surface area contributed by atoms with Crippen LogP contribution in [-0.4, -0.2) is 21.6 Å². The molecular weight excluding hydrogens is 344 g/mol. The summed E-state index contributed by atoms with van der Waals surface area (Å²) in [6.45, 7) is 2.33. The van der Waals surface area contributed by atoms with E-state index in [-0.39, 0.29) is 23.6 Å². The van der Waals surface area contributed by atoms with Crippen LogP contribution in [0.4, 0.5) is 0 Å². The molecule has 27 heavy (non-hydrogen) atoms. The number of aromatic nitrogens is 2. The van der Waals surface area contributed by atoms with Crippen molar-refractivity contribution in [1.82, 2.24) is 20.6 Å². The fourth-order valence-corrected chi connectivity index (χ4v) is 2.78. The minimum absolute atomic E-state index is 0.0960. The molecule has 2 amide bonds. The van der Waals surface area contributed by atoms with Crippen LogP contribution in [-0.2, 0) is 17.8 Å². The Morgan fingerprint density at radius 3 is 2.33 bits per heavy atom. The van der Waals surface area contributed by atoms with Crippen LogP contribution in [0.2, 0.25) is 0 Å². The number of rotatable bonds is 5. The number of hydrogen-bond donors (Lipinski definition) is 2. The Labute approximate surface area is 156 Å². The van der Waals surface area contributed by atoms with E-state index in [9.17, 15) is 14.4 Å². The predicted molar refractivity (Wildman–Crippen MR) is 102 cm³/mol. The first-order chi connectivity index (χ1) is 13.1. The van der Waals surface area contributed by atoms with Gasteiger partial charge in [0.2, 0.25) is 5.91 Å². The number of nitrogens with one attached hydrogen (secondary N) is 2. The zero-order valence-corrected chi connectivity index (χ0v) is 14.9. The first-order valence-corrected chi connectivity index (χ1v) is 8.73. The van der Waals surface area contributed by atoms with Crippen LogP contribution < -0.4 is 16.4 Å². The van der Waals surface area contributed by atoms with Gasteiger partial charge in [-0.2, -0.15) is 5.10 Å². The highest BCUT2D eigenvalue weighted by Crippen LogP contribution is 2.13. The molecule has 138 valence electrons. The fraction of sp³-hybridized carbons (Fsp3) is 0.200. The van der Waals surface area contributed by atoms with E-state index in [4.69, 9.17) is 0 Å². The van der Waals surface area contributed by atoms with Gasteiger partial charge in [0.05, 0.1) is 11.8 Å². The van der Waals surface area contributed by atoms with Crippen LogP contribution in [0.25, 0.3) is 10.8 Å². The summed E-state index contributed by atoms with van der Waals surface area (Å²) in [6.07, 6.45) is 0.852. The van der Waals surface area contributed by atoms with Gasteiger partial charge < -0.3 is 0 Å². The third kappa shape index (κ3) is 4.20. The Kier molecular flexibility index (Phi) is 5.61. The molecule has 0 fully saturated rings. The number of hydrogen-bond acceptors (Lipinski definition) is 4. The number of benzene rings is 2. The molecule has 0 atom stereocenters. The highest BCUT2D eigenvalue weighted by molar-refractivity contribution is 6.05. The molecule has 3 rings (SSSR count). The third-order valence-corrected chi connectivity index (χ3v) is 4.04. The van der Waals surface area contributed by atoms with Gasteiger partial charge in [-0.15, -0.1) is 0 Å². The van der Waals surface area contributed by atoms with Gasteiger partial charge >= 0.3 is 0 Å². The SMILES string of the molecule is CCCn1nc(C(=O)NNC(=O)Cc2ccccc2)c2ccccc2c1=O. The Morgan fingerprint density at radius 1 is 0.963 bits per heavy atom. The average Bonchev–Trinajstić information content (AvgIpc) is 2.69. The van der Waals surface area contributed by atoms with E-state index in [1.165, 1.54) is 4.68 Å². The van der Waals surface area contributed by atoms with Crippen molar-refractivity contribution in [1.29, 1.82) is 0 Å². The summed E-state index contributed by atoms with van der Waals surface area (Å²) in [5.41, 5.74) is 5.47. The van der Waals surface area contributed by atoms with Crippen molar-refractivity contribution in [3.05, 3.63) is 76.2 Å². The summed E-state index contributed by atoms with van der Waals surface area (Å²) in [6, 6.07) is 16.0. The highest BCUT2D eigenvalue weighted by Gasteiger charge is 2.17. The van der Waals surface area contributed by atoms with Crippen molar-refractivity contribution in [3.63, 3.8) is 0 Å². The lowest BCUT2D eigenvalue weighted by molar-refractivity contribution is -0.121. The lowest BCUT2D eigenvalue weighted by Crippen LogP contribution is -2.43. The molecule has 7 heteroatoms. The lowest BCUT2D eigenvalue weighted by atomic mass is 10.1. The molecule has 0 saturated heterocycles. The largest absolute Gasteiger partial charge is 0.290 e. The van der Waals surface area contributed by atoms with E-state index in [1.54, 1.807) is 24.3 Å². The van der Waals surface area contributed by atoms with Crippen LogP contribution in [0, 0.1) is 0 Å². The summed E-state index contributed by atoms with van der Waals surface area (Å²) in [7, 11) is 0. The zero-order valence-electron chi connectivity index (χ0n) is 14.9. The van der Waals surface area contributed by atoms with Crippen molar-refractivity contribution in [3.8, 4) is 0 Å². The number of nitrogens with zero attached hydrogens (tertiary/aromatic N) is 2. The van der Waals surface area contributed by atoms with Gasteiger partial charge in [0.25, 0.3) is 11.5 Å². The number of fused-ring (bicyclic) bond motifs is 1. The van der Waals surface area contributed by atoms with Crippen LogP contribution >= 0.6 is 0 Å². The van der Waals surface area contributed by atoms with Gasteiger partial charge in [-0.25, -0.2) is 4.68 Å². The molecule has 0 radical (unpaired) electrons. The van der Waals surface area contributed by atoms with E-state index >= 15 is 0 Å². The van der Waals surface area contributed by atoms with Gasteiger partial charge in [-0.1, -0.05) is 55.5 Å². The topological polar surface area (TPSA) is 93.1 Å². The summed E-state index contributed by atoms with van der Waals surface area (Å²) < 4.78 is 1.28. The molecule has 1 heterocycles. The Hall–Kier alpha value is -3.48. The van der Waals surface area contributed by atoms with Gasteiger partial charge in [0, 0.05) is 11.9 Å². The average molecular weight is 364 g/mol. The number of hydrazine groups is 1. The number of carbonyl (C=O) groups is 2. The molecular formula is C20H20N4O3. The van der Waals surface area contributed by atoms with Crippen molar-refractivity contribution >= 4 is 22.6 Å². The standard InChI is InChI=1S/C20H20N4O3/c1-2-12-24-20(27)16-11-7-6-10-15(16)18(23-24)19(26)22-21-17(25)13-14-8-4-3-5-9-14/h3-11H,2,12-13H2,1H3,(H,21,25)(H,22,26). The summed E-state index contributed by atoms with van der Waals surface area (Å²) in [5, 5.41) is 5.06. The molecule has 7 nitrogen and oxygen atoms in total. The smallest absolute Gasteiger partial charge is 0.273 e. The molecule has 2 aromatic carbocycles. The Balaban J connectivity index is 1.80. The predicted octanol–water partition coefficient (Wildman–Crippen LogP) is 1.81. The molecule has 0 bridgehead atoms. The molecule has 0 aliphatic carbocycles. The second-order valence-electron chi connectivity index (χ2n) is 6.09. The van der Waals surface area contributed by atoms with Crippen molar-refractivity contribution in [2.45, 2.75) is 26.3 Å². The van der Waals surface area contributed by atoms with Crippen molar-refractivity contribution in [2.24, 2.45) is 0 Å². The fourth-order valence-electron chi connectivity index (χ4n) is 2.78. The maximum Gasteiger partial charge on any atom is 0.290 e. The monoisotopic (exact) mass is 364 g/mol. The molecule has 3 aromatic rings. The molecule has 0 unspecified atom stereocenters. The molecule has 0 aliphatic heterocycles. The molecule has 0 saturated carbocycles. The summed E-state index contributed by atoms with van der Waals surface area (Å²) >= 11 is 0. The highest BCUT2D eigenvalue weighted by atomic mass is 16.2. The molecule has 2 N–H and O–H groups in total. The maximum absolute atomic E-state index is 12.6. The summed E-state index contributed by atoms with van der Waals surface area (Å²) in [5.74, 6) is -0.918. The normalized spacial score (nSPS) is 10.6. The number of carbonyl (C=O) groups excluding carboxylic acids is 2. The van der Waals surface area contributed by atoms with Gasteiger partial charge in [0.15, 0.2) is 5.69 Å². The van der Waals surface area contributed by atoms with Crippen LogP contribution in [0.5, 0.6) is 0 Å². The van der Waals surface area contributed by atoms with Gasteiger partial charge in [-0.3, -0.25) is 25.2 Å². The first-order valence-electron chi connectivity index (χ1n) is 8.73. The number of amides is 2. The maximum atomic E-state index is 12.6. The van der Waals surface area contributed by atoms with Crippen molar-refractivity contribution in [2.75, 3.05) is 0 Å². The first kappa shape index (κ1) is 18.3. The number of aryl methyl sites for hydroxylation is 1. The molecule has 0 aliphatic rings. The van der Waals surface area contributed by atoms with Crippen LogP contribution in [0.3, 0.4) is 0 Å². The lowest BCUT2D eigenvalue weighted by Gasteiger charge is -2.11. The van der Waals surface area contributed by atoms with Crippen LogP contribution in [0.15, 0.2) is 59.4 Å². The van der Waals surface area contributed by atoms with Gasteiger partial charge in [0.1, 0.15) is 0 Å². The molecule has 0 spiro atoms. The Morgan fingerprint density at radius 2 is 1.63 bits per heavy atom. The van der Waals surface area contributed by atoms with Crippen LogP contribution in [0.1, 0.15) is 29.4 Å². The second-order valence-corrected chi connectivity index (χ2v) is 6.09. The quantitative estimate of drug-likeness (QED) is 0.675. The van der Waals surface area contributed by atoms with E-state index in [2.05, 4.69) is 16.0 Å². The second kappa shape index (κ2) is 8.27. The third-order valence-electron chi connectivity index (χ3n) is 4.04. The summed E-state index contributed by atoms with van der Waals surface area (Å²) in [4.78, 5) is 37.1. The van der Waals surface area contributed by atoms with E-state index in [0.29, 0.717) is 23.7 Å². The molecule has 1 aromatic heterocycles. The van der Waals surface area contributed by atoms with E-state index in [0.717, 1.165) is 5.56 Å². The Bertz CT molecular complexity index is 1030. The van der Waals surface area contributed by atoms with E-state index < -0.39 is 5.91 Å². The van der Waals surface area contributed by atoms with Crippen molar-refractivity contribution < 1.29 is 9.59 Å². The van der Waals surface area contributed by atoms with E-state index in [1.807, 2.05) is 37.3 Å². The minimum Gasteiger partial charge on any atom is -0.273 e.